The second-order valence-corrected chi connectivity index (χ2v) is 8.74. The Morgan fingerprint density at radius 3 is 2.71 bits per heavy atom. The molecule has 1 atom stereocenters. The number of aliphatic hydroxyl groups is 1. The number of Topliss-reactive ketones (excluding diaryl/α,β-unsaturated/α-hetero) is 1. The number of amides is 1. The molecule has 4 aromatic rings. The average molecular weight is 489 g/mol. The van der Waals surface area contributed by atoms with Gasteiger partial charge in [-0.1, -0.05) is 47.5 Å². The van der Waals surface area contributed by atoms with E-state index in [0.29, 0.717) is 33.0 Å². The molecule has 176 valence electrons. The lowest BCUT2D eigenvalue weighted by Gasteiger charge is -2.26. The summed E-state index contributed by atoms with van der Waals surface area (Å²) in [7, 11) is 1.47. The number of carbonyl (C=O) groups is 2. The van der Waals surface area contributed by atoms with E-state index < -0.39 is 23.5 Å². The zero-order chi connectivity index (χ0) is 24.7. The van der Waals surface area contributed by atoms with E-state index in [0.717, 1.165) is 5.56 Å². The van der Waals surface area contributed by atoms with Crippen molar-refractivity contribution in [1.29, 1.82) is 0 Å². The van der Waals surface area contributed by atoms with Gasteiger partial charge < -0.3 is 19.2 Å². The molecular weight excluding hydrogens is 468 g/mol. The van der Waals surface area contributed by atoms with Gasteiger partial charge in [0.25, 0.3) is 5.91 Å². The van der Waals surface area contributed by atoms with Crippen molar-refractivity contribution < 1.29 is 23.8 Å². The maximum Gasteiger partial charge on any atom is 0.290 e. The van der Waals surface area contributed by atoms with Gasteiger partial charge in [-0.3, -0.25) is 14.6 Å². The highest BCUT2D eigenvalue weighted by Crippen LogP contribution is 2.41. The van der Waals surface area contributed by atoms with Crippen LogP contribution >= 0.6 is 11.6 Å². The molecule has 1 aliphatic heterocycles. The van der Waals surface area contributed by atoms with Gasteiger partial charge in [0.05, 0.1) is 31.0 Å². The first-order chi connectivity index (χ1) is 16.9. The highest BCUT2D eigenvalue weighted by molar-refractivity contribution is 6.31. The van der Waals surface area contributed by atoms with Crippen LogP contribution in [0.2, 0.25) is 5.02 Å². The molecule has 0 bridgehead atoms. The molecule has 8 heteroatoms. The van der Waals surface area contributed by atoms with Crippen molar-refractivity contribution in [1.82, 2.24) is 9.88 Å². The predicted molar refractivity (Wildman–Crippen MR) is 130 cm³/mol. The van der Waals surface area contributed by atoms with Crippen LogP contribution in [0.5, 0.6) is 5.75 Å². The molecule has 7 nitrogen and oxygen atoms in total. The van der Waals surface area contributed by atoms with E-state index in [1.165, 1.54) is 18.1 Å². The summed E-state index contributed by atoms with van der Waals surface area (Å²) in [6, 6.07) is 16.8. The van der Waals surface area contributed by atoms with Crippen LogP contribution in [0.15, 0.2) is 82.6 Å². The van der Waals surface area contributed by atoms with Gasteiger partial charge in [-0.2, -0.15) is 0 Å². The number of ether oxygens (including phenoxy) is 1. The largest absolute Gasteiger partial charge is 0.503 e. The minimum atomic E-state index is -0.824. The van der Waals surface area contributed by atoms with Crippen molar-refractivity contribution >= 4 is 34.3 Å². The molecule has 1 unspecified atom stereocenters. The molecule has 5 rings (SSSR count). The zero-order valence-corrected chi connectivity index (χ0v) is 19.7. The number of ketones is 1. The van der Waals surface area contributed by atoms with Crippen molar-refractivity contribution in [2.24, 2.45) is 0 Å². The van der Waals surface area contributed by atoms with Gasteiger partial charge in [0.2, 0.25) is 5.78 Å². The van der Waals surface area contributed by atoms with E-state index in [-0.39, 0.29) is 17.9 Å². The molecule has 0 spiro atoms. The van der Waals surface area contributed by atoms with Crippen LogP contribution in [0, 0.1) is 6.92 Å². The third-order valence-corrected chi connectivity index (χ3v) is 6.17. The van der Waals surface area contributed by atoms with Crippen LogP contribution in [0.3, 0.4) is 0 Å². The van der Waals surface area contributed by atoms with E-state index in [1.807, 2.05) is 37.3 Å². The average Bonchev–Trinajstić information content (AvgIpc) is 3.38. The second kappa shape index (κ2) is 8.92. The molecule has 3 heterocycles. The number of hydrogen-bond donors (Lipinski definition) is 1. The lowest BCUT2D eigenvalue weighted by molar-refractivity contribution is -0.130. The third kappa shape index (κ3) is 4.04. The fourth-order valence-electron chi connectivity index (χ4n) is 4.38. The van der Waals surface area contributed by atoms with Gasteiger partial charge in [-0.25, -0.2) is 0 Å². The number of pyridine rings is 1. The number of benzene rings is 2. The van der Waals surface area contributed by atoms with Crippen molar-refractivity contribution in [2.45, 2.75) is 19.5 Å². The number of hydrogen-bond acceptors (Lipinski definition) is 6. The first-order valence-electron chi connectivity index (χ1n) is 10.9. The molecule has 1 N–H and O–H groups in total. The molecule has 0 saturated carbocycles. The lowest BCUT2D eigenvalue weighted by Crippen LogP contribution is -2.31. The maximum atomic E-state index is 13.7. The molecule has 0 fully saturated rings. The van der Waals surface area contributed by atoms with Crippen LogP contribution in [-0.4, -0.2) is 33.8 Å². The number of rotatable bonds is 6. The van der Waals surface area contributed by atoms with Crippen molar-refractivity contribution in [3.05, 3.63) is 106 Å². The summed E-state index contributed by atoms with van der Waals surface area (Å²) < 4.78 is 11.2. The summed E-state index contributed by atoms with van der Waals surface area (Å²) in [5, 5.41) is 11.9. The smallest absolute Gasteiger partial charge is 0.290 e. The summed E-state index contributed by atoms with van der Waals surface area (Å²) in [6.45, 7) is 2.03. The summed E-state index contributed by atoms with van der Waals surface area (Å²) in [4.78, 5) is 32.7. The SMILES string of the molecule is COc1cc(Cl)cc2cc(C(=O)C3=C(O)C(=O)N(Cc4ccccn4)C3c3cccc(C)c3)oc12. The quantitative estimate of drug-likeness (QED) is 0.356. The van der Waals surface area contributed by atoms with Crippen LogP contribution in [-0.2, 0) is 11.3 Å². The minimum Gasteiger partial charge on any atom is -0.503 e. The number of carbonyl (C=O) groups excluding carboxylic acids is 2. The number of aliphatic hydroxyl groups excluding tert-OH is 1. The predicted octanol–water partition coefficient (Wildman–Crippen LogP) is 5.58. The van der Waals surface area contributed by atoms with Gasteiger partial charge in [0.1, 0.15) is 0 Å². The van der Waals surface area contributed by atoms with Gasteiger partial charge in [-0.15, -0.1) is 0 Å². The van der Waals surface area contributed by atoms with E-state index in [2.05, 4.69) is 4.98 Å². The number of aromatic nitrogens is 1. The Morgan fingerprint density at radius 2 is 2.00 bits per heavy atom. The van der Waals surface area contributed by atoms with Crippen molar-refractivity contribution in [3.8, 4) is 5.75 Å². The first-order valence-corrected chi connectivity index (χ1v) is 11.3. The van der Waals surface area contributed by atoms with Crippen LogP contribution < -0.4 is 4.74 Å². The lowest BCUT2D eigenvalue weighted by atomic mass is 9.94. The van der Waals surface area contributed by atoms with E-state index in [1.54, 1.807) is 30.5 Å². The van der Waals surface area contributed by atoms with Gasteiger partial charge in [-0.05, 0) is 36.8 Å². The van der Waals surface area contributed by atoms with E-state index in [9.17, 15) is 14.7 Å². The topological polar surface area (TPSA) is 92.9 Å². The molecule has 2 aromatic carbocycles. The molecule has 1 amide bonds. The monoisotopic (exact) mass is 488 g/mol. The number of aryl methyl sites for hydroxylation is 1. The van der Waals surface area contributed by atoms with Crippen molar-refractivity contribution in [2.75, 3.05) is 7.11 Å². The molecule has 0 aliphatic carbocycles. The number of halogens is 1. The molecule has 0 saturated heterocycles. The number of fused-ring (bicyclic) bond motifs is 1. The van der Waals surface area contributed by atoms with Gasteiger partial charge in [0.15, 0.2) is 22.9 Å². The Labute approximate surface area is 206 Å². The highest BCUT2D eigenvalue weighted by Gasteiger charge is 2.44. The molecule has 2 aromatic heterocycles. The molecule has 35 heavy (non-hydrogen) atoms. The molecule has 1 aliphatic rings. The van der Waals surface area contributed by atoms with Crippen LogP contribution in [0.25, 0.3) is 11.0 Å². The van der Waals surface area contributed by atoms with Gasteiger partial charge >= 0.3 is 0 Å². The summed E-state index contributed by atoms with van der Waals surface area (Å²) in [6.07, 6.45) is 1.63. The van der Waals surface area contributed by atoms with Crippen LogP contribution in [0.1, 0.15) is 33.4 Å². The Balaban J connectivity index is 1.62. The Morgan fingerprint density at radius 1 is 1.17 bits per heavy atom. The fraction of sp³-hybridized carbons (Fsp3) is 0.148. The third-order valence-electron chi connectivity index (χ3n) is 5.96. The second-order valence-electron chi connectivity index (χ2n) is 8.30. The normalized spacial score (nSPS) is 15.8. The van der Waals surface area contributed by atoms with E-state index in [4.69, 9.17) is 20.8 Å². The highest BCUT2D eigenvalue weighted by atomic mass is 35.5. The zero-order valence-electron chi connectivity index (χ0n) is 19.0. The Kier molecular flexibility index (Phi) is 5.78. The standard InChI is InChI=1S/C27H21ClN2O5/c1-15-6-5-7-16(10-15)23-22(25(32)27(33)30(23)14-19-8-3-4-9-29-19)24(31)20-12-17-11-18(28)13-21(34-2)26(17)35-20/h3-13,23,32H,14H2,1-2H3. The number of methoxy groups -OCH3 is 1. The van der Waals surface area contributed by atoms with Crippen LogP contribution in [0.4, 0.5) is 0 Å². The van der Waals surface area contributed by atoms with Gasteiger partial charge in [0, 0.05) is 22.7 Å². The molecule has 0 radical (unpaired) electrons. The number of furan rings is 1. The number of nitrogens with zero attached hydrogens (tertiary/aromatic N) is 2. The minimum absolute atomic E-state index is 0.0349. The Hall–Kier alpha value is -4.10. The van der Waals surface area contributed by atoms with E-state index >= 15 is 0 Å². The maximum absolute atomic E-state index is 13.7. The summed E-state index contributed by atoms with van der Waals surface area (Å²) in [5.74, 6) is -1.52. The molecular formula is C27H21ClN2O5. The summed E-state index contributed by atoms with van der Waals surface area (Å²) in [5.41, 5.74) is 2.57. The first kappa shape index (κ1) is 22.7. The summed E-state index contributed by atoms with van der Waals surface area (Å²) >= 11 is 6.16. The Bertz CT molecular complexity index is 1490. The fourth-order valence-corrected chi connectivity index (χ4v) is 4.60. The van der Waals surface area contributed by atoms with Crippen molar-refractivity contribution in [3.63, 3.8) is 0 Å².